The second-order valence-electron chi connectivity index (χ2n) is 4.95. The highest BCUT2D eigenvalue weighted by Gasteiger charge is 2.15. The van der Waals surface area contributed by atoms with Crippen LogP contribution in [0.2, 0.25) is 0 Å². The third-order valence-electron chi connectivity index (χ3n) is 3.45. The maximum Gasteiger partial charge on any atom is 0.283 e. The van der Waals surface area contributed by atoms with Crippen molar-refractivity contribution in [3.63, 3.8) is 0 Å². The van der Waals surface area contributed by atoms with E-state index in [0.717, 1.165) is 16.3 Å². The van der Waals surface area contributed by atoms with Crippen LogP contribution in [-0.4, -0.2) is 17.1 Å². The van der Waals surface area contributed by atoms with Crippen LogP contribution < -0.4 is 11.2 Å². The van der Waals surface area contributed by atoms with Crippen LogP contribution in [0.1, 0.15) is 27.9 Å². The van der Waals surface area contributed by atoms with Gasteiger partial charge >= 0.3 is 0 Å². The molecule has 0 radical (unpaired) electrons. The molecular weight excluding hydrogens is 308 g/mol. The van der Waals surface area contributed by atoms with Crippen LogP contribution in [0.3, 0.4) is 0 Å². The first-order chi connectivity index (χ1) is 11.2. The number of benzene rings is 2. The molecule has 0 aliphatic heterocycles. The molecule has 0 unspecified atom stereocenters. The monoisotopic (exact) mass is 324 g/mol. The molecule has 116 valence electrons. The van der Waals surface area contributed by atoms with Crippen LogP contribution >= 0.6 is 11.3 Å². The van der Waals surface area contributed by atoms with Crippen molar-refractivity contribution >= 4 is 39.4 Å². The predicted octanol–water partition coefficient (Wildman–Crippen LogP) is 3.20. The lowest BCUT2D eigenvalue weighted by atomic mass is 10.1. The first kappa shape index (κ1) is 15.2. The predicted molar refractivity (Wildman–Crippen MR) is 94.9 cm³/mol. The summed E-state index contributed by atoms with van der Waals surface area (Å²) in [6.07, 6.45) is 2.31. The van der Waals surface area contributed by atoms with Crippen LogP contribution in [-0.2, 0) is 6.42 Å². The number of rotatable bonds is 4. The summed E-state index contributed by atoms with van der Waals surface area (Å²) in [4.78, 5) is 16.8. The first-order valence-corrected chi connectivity index (χ1v) is 8.07. The van der Waals surface area contributed by atoms with Crippen molar-refractivity contribution in [1.82, 2.24) is 10.4 Å². The SMILES string of the molecule is CCc1nc(N)sc1C(=O)N/N=C\c1cccc2ccccc12. The van der Waals surface area contributed by atoms with Gasteiger partial charge in [0.2, 0.25) is 0 Å². The highest BCUT2D eigenvalue weighted by molar-refractivity contribution is 7.17. The number of amides is 1. The Balaban J connectivity index is 1.79. The number of aryl methyl sites for hydroxylation is 1. The van der Waals surface area contributed by atoms with Crippen LogP contribution in [0.4, 0.5) is 5.13 Å². The standard InChI is InChI=1S/C17H16N4OS/c1-2-14-15(23-17(18)20-14)16(22)21-19-10-12-8-5-7-11-6-3-4-9-13(11)12/h3-10H,2H2,1H3,(H2,18,20)(H,21,22)/b19-10-. The van der Waals surface area contributed by atoms with Gasteiger partial charge in [0.25, 0.3) is 5.91 Å². The second-order valence-corrected chi connectivity index (χ2v) is 5.98. The molecular formula is C17H16N4OS. The molecule has 0 saturated carbocycles. The number of anilines is 1. The Morgan fingerprint density at radius 3 is 2.91 bits per heavy atom. The lowest BCUT2D eigenvalue weighted by Crippen LogP contribution is -2.17. The lowest BCUT2D eigenvalue weighted by Gasteiger charge is -2.02. The zero-order chi connectivity index (χ0) is 16.2. The van der Waals surface area contributed by atoms with E-state index in [1.807, 2.05) is 49.4 Å². The van der Waals surface area contributed by atoms with Gasteiger partial charge in [-0.3, -0.25) is 4.79 Å². The van der Waals surface area contributed by atoms with Gasteiger partial charge in [-0.25, -0.2) is 10.4 Å². The lowest BCUT2D eigenvalue weighted by molar-refractivity contribution is 0.0958. The maximum atomic E-state index is 12.2. The van der Waals surface area contributed by atoms with Crippen molar-refractivity contribution < 1.29 is 4.79 Å². The average molecular weight is 324 g/mol. The Kier molecular flexibility index (Phi) is 4.34. The molecule has 0 atom stereocenters. The van der Waals surface area contributed by atoms with E-state index in [4.69, 9.17) is 5.73 Å². The number of nitrogens with one attached hydrogen (secondary N) is 1. The van der Waals surface area contributed by atoms with E-state index in [0.29, 0.717) is 22.1 Å². The number of nitrogens with two attached hydrogens (primary N) is 1. The van der Waals surface area contributed by atoms with Gasteiger partial charge in [-0.2, -0.15) is 5.10 Å². The van der Waals surface area contributed by atoms with Crippen molar-refractivity contribution in [2.75, 3.05) is 5.73 Å². The van der Waals surface area contributed by atoms with Crippen LogP contribution in [0.5, 0.6) is 0 Å². The van der Waals surface area contributed by atoms with Gasteiger partial charge in [-0.1, -0.05) is 60.7 Å². The molecule has 1 heterocycles. The number of carbonyl (C=O) groups is 1. The fraction of sp³-hybridized carbons (Fsp3) is 0.118. The van der Waals surface area contributed by atoms with Crippen molar-refractivity contribution in [3.8, 4) is 0 Å². The van der Waals surface area contributed by atoms with E-state index >= 15 is 0 Å². The fourth-order valence-corrected chi connectivity index (χ4v) is 3.17. The number of hydrazone groups is 1. The molecule has 1 amide bonds. The van der Waals surface area contributed by atoms with E-state index < -0.39 is 0 Å². The smallest absolute Gasteiger partial charge is 0.283 e. The third-order valence-corrected chi connectivity index (χ3v) is 4.37. The van der Waals surface area contributed by atoms with Crippen molar-refractivity contribution in [3.05, 3.63) is 58.6 Å². The van der Waals surface area contributed by atoms with E-state index in [1.165, 1.54) is 11.3 Å². The number of hydrogen-bond donors (Lipinski definition) is 2. The molecule has 0 aliphatic rings. The van der Waals surface area contributed by atoms with Crippen molar-refractivity contribution in [1.29, 1.82) is 0 Å². The Bertz CT molecular complexity index is 880. The van der Waals surface area contributed by atoms with Gasteiger partial charge in [0.1, 0.15) is 4.88 Å². The Hall–Kier alpha value is -2.73. The molecule has 2 aromatic carbocycles. The summed E-state index contributed by atoms with van der Waals surface area (Å²) in [6, 6.07) is 14.0. The minimum absolute atomic E-state index is 0.285. The number of hydrogen-bond acceptors (Lipinski definition) is 5. The molecule has 0 saturated heterocycles. The maximum absolute atomic E-state index is 12.2. The van der Waals surface area contributed by atoms with Gasteiger partial charge in [-0.15, -0.1) is 0 Å². The summed E-state index contributed by atoms with van der Waals surface area (Å²) in [6.45, 7) is 1.94. The van der Waals surface area contributed by atoms with Crippen molar-refractivity contribution in [2.24, 2.45) is 5.10 Å². The number of carbonyl (C=O) groups excluding carboxylic acids is 1. The molecule has 3 N–H and O–H groups in total. The topological polar surface area (TPSA) is 80.4 Å². The molecule has 1 aromatic heterocycles. The van der Waals surface area contributed by atoms with Gasteiger partial charge in [-0.05, 0) is 17.2 Å². The third kappa shape index (κ3) is 3.22. The van der Waals surface area contributed by atoms with Gasteiger partial charge < -0.3 is 5.73 Å². The summed E-state index contributed by atoms with van der Waals surface area (Å²) >= 11 is 1.18. The summed E-state index contributed by atoms with van der Waals surface area (Å²) < 4.78 is 0. The molecule has 0 aliphatic carbocycles. The van der Waals surface area contributed by atoms with Gasteiger partial charge in [0, 0.05) is 5.56 Å². The minimum Gasteiger partial charge on any atom is -0.375 e. The fourth-order valence-electron chi connectivity index (χ4n) is 2.36. The van der Waals surface area contributed by atoms with Gasteiger partial charge in [0.15, 0.2) is 5.13 Å². The molecule has 6 heteroatoms. The number of thiazole rings is 1. The Morgan fingerprint density at radius 2 is 2.09 bits per heavy atom. The molecule has 3 aromatic rings. The number of nitrogen functional groups attached to an aromatic ring is 1. The minimum atomic E-state index is -0.285. The Morgan fingerprint density at radius 1 is 1.30 bits per heavy atom. The quantitative estimate of drug-likeness (QED) is 0.571. The summed E-state index contributed by atoms with van der Waals surface area (Å²) in [5.41, 5.74) is 9.86. The number of fused-ring (bicyclic) bond motifs is 1. The summed E-state index contributed by atoms with van der Waals surface area (Å²) in [5.74, 6) is -0.285. The first-order valence-electron chi connectivity index (χ1n) is 7.25. The average Bonchev–Trinajstić information content (AvgIpc) is 2.96. The molecule has 0 spiro atoms. The summed E-state index contributed by atoms with van der Waals surface area (Å²) in [5, 5.41) is 6.68. The van der Waals surface area contributed by atoms with Crippen molar-refractivity contribution in [2.45, 2.75) is 13.3 Å². The van der Waals surface area contributed by atoms with E-state index in [2.05, 4.69) is 15.5 Å². The zero-order valence-corrected chi connectivity index (χ0v) is 13.4. The van der Waals surface area contributed by atoms with Crippen LogP contribution in [0, 0.1) is 0 Å². The van der Waals surface area contributed by atoms with Crippen LogP contribution in [0.15, 0.2) is 47.6 Å². The molecule has 3 rings (SSSR count). The molecule has 0 bridgehead atoms. The van der Waals surface area contributed by atoms with E-state index in [-0.39, 0.29) is 5.91 Å². The highest BCUT2D eigenvalue weighted by atomic mass is 32.1. The highest BCUT2D eigenvalue weighted by Crippen LogP contribution is 2.21. The zero-order valence-electron chi connectivity index (χ0n) is 12.6. The Labute approximate surface area is 137 Å². The van der Waals surface area contributed by atoms with E-state index in [9.17, 15) is 4.79 Å². The number of nitrogens with zero attached hydrogens (tertiary/aromatic N) is 2. The number of aromatic nitrogens is 1. The second kappa shape index (κ2) is 6.58. The molecule has 5 nitrogen and oxygen atoms in total. The van der Waals surface area contributed by atoms with Gasteiger partial charge in [0.05, 0.1) is 11.9 Å². The molecule has 23 heavy (non-hydrogen) atoms. The normalized spacial score (nSPS) is 11.2. The largest absolute Gasteiger partial charge is 0.375 e. The summed E-state index contributed by atoms with van der Waals surface area (Å²) in [7, 11) is 0. The molecule has 0 fully saturated rings. The van der Waals surface area contributed by atoms with E-state index in [1.54, 1.807) is 6.21 Å². The van der Waals surface area contributed by atoms with Crippen LogP contribution in [0.25, 0.3) is 10.8 Å².